The summed E-state index contributed by atoms with van der Waals surface area (Å²) in [5.74, 6) is 1.60. The predicted octanol–water partition coefficient (Wildman–Crippen LogP) is 2.07. The first-order valence-corrected chi connectivity index (χ1v) is 8.07. The second-order valence-corrected chi connectivity index (χ2v) is 8.51. The number of rotatable bonds is 1. The van der Waals surface area contributed by atoms with Gasteiger partial charge in [-0.1, -0.05) is 15.9 Å². The number of hydrogen-bond acceptors (Lipinski definition) is 2. The van der Waals surface area contributed by atoms with Gasteiger partial charge >= 0.3 is 0 Å². The minimum absolute atomic E-state index is 0.00155. The van der Waals surface area contributed by atoms with Crippen LogP contribution in [-0.2, 0) is 4.79 Å². The molecule has 0 aromatic heterocycles. The molecular weight excluding hydrogens is 294 g/mol. The Morgan fingerprint density at radius 3 is 2.39 bits per heavy atom. The van der Waals surface area contributed by atoms with Gasteiger partial charge in [-0.3, -0.25) is 4.79 Å². The van der Waals surface area contributed by atoms with E-state index in [-0.39, 0.29) is 5.54 Å². The first kappa shape index (κ1) is 11.7. The highest BCUT2D eigenvalue weighted by Crippen LogP contribution is 2.60. The molecule has 5 fully saturated rings. The van der Waals surface area contributed by atoms with Gasteiger partial charge in [-0.15, -0.1) is 0 Å². The van der Waals surface area contributed by atoms with E-state index >= 15 is 0 Å². The number of carbonyl (C=O) groups is 1. The lowest BCUT2D eigenvalue weighted by molar-refractivity contribution is -0.179. The standard InChI is InChI=1S/C14H20BrNO2/c15-11-2-12(17)16(7-11)13-3-9-1-10(4-13)6-14(18,5-9)8-13/h9-11,18H,1-8H2. The summed E-state index contributed by atoms with van der Waals surface area (Å²) in [5.41, 5.74) is -0.465. The van der Waals surface area contributed by atoms with E-state index in [0.29, 0.717) is 29.0 Å². The number of hydrogen-bond donors (Lipinski definition) is 1. The summed E-state index contributed by atoms with van der Waals surface area (Å²) in [6.07, 6.45) is 6.97. The van der Waals surface area contributed by atoms with E-state index in [2.05, 4.69) is 20.8 Å². The van der Waals surface area contributed by atoms with Gasteiger partial charge < -0.3 is 10.0 Å². The maximum atomic E-state index is 12.2. The lowest BCUT2D eigenvalue weighted by Crippen LogP contribution is -2.65. The van der Waals surface area contributed by atoms with Crippen molar-refractivity contribution in [2.45, 2.75) is 60.9 Å². The van der Waals surface area contributed by atoms with E-state index in [0.717, 1.165) is 38.6 Å². The summed E-state index contributed by atoms with van der Waals surface area (Å²) in [4.78, 5) is 14.7. The van der Waals surface area contributed by atoms with Crippen molar-refractivity contribution in [2.75, 3.05) is 6.54 Å². The van der Waals surface area contributed by atoms with Crippen LogP contribution in [-0.4, -0.2) is 38.4 Å². The molecule has 1 saturated heterocycles. The first-order chi connectivity index (χ1) is 8.48. The molecule has 4 aliphatic carbocycles. The third kappa shape index (κ3) is 1.54. The van der Waals surface area contributed by atoms with Crippen LogP contribution in [0.5, 0.6) is 0 Å². The van der Waals surface area contributed by atoms with E-state index in [4.69, 9.17) is 0 Å². The zero-order valence-electron chi connectivity index (χ0n) is 10.6. The molecule has 3 nitrogen and oxygen atoms in total. The van der Waals surface area contributed by atoms with Crippen LogP contribution in [0.3, 0.4) is 0 Å². The molecule has 0 aromatic rings. The van der Waals surface area contributed by atoms with Crippen LogP contribution < -0.4 is 0 Å². The summed E-state index contributed by atoms with van der Waals surface area (Å²) >= 11 is 3.59. The van der Waals surface area contributed by atoms with Crippen molar-refractivity contribution < 1.29 is 9.90 Å². The molecule has 5 aliphatic rings. The zero-order valence-corrected chi connectivity index (χ0v) is 12.2. The highest BCUT2D eigenvalue weighted by atomic mass is 79.9. The highest BCUT2D eigenvalue weighted by Gasteiger charge is 2.60. The van der Waals surface area contributed by atoms with Gasteiger partial charge in [0.1, 0.15) is 0 Å². The number of aliphatic hydroxyl groups is 1. The molecule has 1 N–H and O–H groups in total. The second kappa shape index (κ2) is 3.51. The Hall–Kier alpha value is -0.0900. The van der Waals surface area contributed by atoms with Crippen molar-refractivity contribution in [3.63, 3.8) is 0 Å². The molecule has 3 unspecified atom stereocenters. The smallest absolute Gasteiger partial charge is 0.224 e. The molecule has 5 rings (SSSR count). The van der Waals surface area contributed by atoms with Gasteiger partial charge in [0.2, 0.25) is 5.91 Å². The highest BCUT2D eigenvalue weighted by molar-refractivity contribution is 9.09. The Morgan fingerprint density at radius 2 is 1.89 bits per heavy atom. The first-order valence-electron chi connectivity index (χ1n) is 7.15. The van der Waals surface area contributed by atoms with Crippen molar-refractivity contribution in [2.24, 2.45) is 11.8 Å². The molecule has 4 bridgehead atoms. The Kier molecular flexibility index (Phi) is 2.29. The molecule has 18 heavy (non-hydrogen) atoms. The van der Waals surface area contributed by atoms with Crippen molar-refractivity contribution in [1.82, 2.24) is 4.90 Å². The van der Waals surface area contributed by atoms with Crippen molar-refractivity contribution in [3.05, 3.63) is 0 Å². The summed E-state index contributed by atoms with van der Waals surface area (Å²) in [7, 11) is 0. The normalized spacial score (nSPS) is 54.4. The minimum Gasteiger partial charge on any atom is -0.390 e. The third-order valence-corrected chi connectivity index (χ3v) is 6.26. The average molecular weight is 314 g/mol. The van der Waals surface area contributed by atoms with Crippen LogP contribution >= 0.6 is 15.9 Å². The summed E-state index contributed by atoms with van der Waals surface area (Å²) in [5, 5.41) is 10.7. The molecule has 4 heteroatoms. The van der Waals surface area contributed by atoms with E-state index < -0.39 is 5.60 Å². The van der Waals surface area contributed by atoms with Crippen LogP contribution in [0.1, 0.15) is 44.9 Å². The van der Waals surface area contributed by atoms with Gasteiger partial charge in [0.15, 0.2) is 0 Å². The molecule has 100 valence electrons. The second-order valence-electron chi connectivity index (χ2n) is 7.22. The van der Waals surface area contributed by atoms with Gasteiger partial charge in [-0.05, 0) is 50.4 Å². The Balaban J connectivity index is 1.69. The van der Waals surface area contributed by atoms with Gasteiger partial charge in [-0.25, -0.2) is 0 Å². The lowest BCUT2D eigenvalue weighted by atomic mass is 9.50. The molecular formula is C14H20BrNO2. The minimum atomic E-state index is -0.464. The van der Waals surface area contributed by atoms with Crippen molar-refractivity contribution in [1.29, 1.82) is 0 Å². The van der Waals surface area contributed by atoms with Crippen molar-refractivity contribution >= 4 is 21.8 Å². The van der Waals surface area contributed by atoms with E-state index in [1.165, 1.54) is 6.42 Å². The van der Waals surface area contributed by atoms with Crippen LogP contribution in [0, 0.1) is 11.8 Å². The number of likely N-dealkylation sites (tertiary alicyclic amines) is 1. The maximum absolute atomic E-state index is 12.2. The zero-order chi connectivity index (χ0) is 12.5. The molecule has 0 spiro atoms. The summed E-state index contributed by atoms with van der Waals surface area (Å²) in [6, 6.07) is 0. The van der Waals surface area contributed by atoms with Crippen LogP contribution in [0.15, 0.2) is 0 Å². The third-order valence-electron chi connectivity index (χ3n) is 5.65. The SMILES string of the molecule is O=C1CC(Br)CN1C12CC3CC(CC(O)(C3)C1)C2. The topological polar surface area (TPSA) is 40.5 Å². The summed E-state index contributed by atoms with van der Waals surface area (Å²) < 4.78 is 0. The van der Waals surface area contributed by atoms with Crippen molar-refractivity contribution in [3.8, 4) is 0 Å². The number of alkyl halides is 1. The Bertz CT molecular complexity index is 397. The van der Waals surface area contributed by atoms with E-state index in [1.807, 2.05) is 0 Å². The Labute approximate surface area is 116 Å². The number of carbonyl (C=O) groups excluding carboxylic acids is 1. The van der Waals surface area contributed by atoms with Gasteiger partial charge in [0, 0.05) is 23.3 Å². The van der Waals surface area contributed by atoms with E-state index in [1.54, 1.807) is 0 Å². The lowest BCUT2D eigenvalue weighted by Gasteiger charge is -2.62. The quantitative estimate of drug-likeness (QED) is 0.753. The fourth-order valence-electron chi connectivity index (χ4n) is 5.60. The number of halogens is 1. The van der Waals surface area contributed by atoms with Crippen LogP contribution in [0.4, 0.5) is 0 Å². The molecule has 0 radical (unpaired) electrons. The average Bonchev–Trinajstić information content (AvgIpc) is 2.54. The van der Waals surface area contributed by atoms with E-state index in [9.17, 15) is 9.90 Å². The van der Waals surface area contributed by atoms with Crippen LogP contribution in [0.25, 0.3) is 0 Å². The fraction of sp³-hybridized carbons (Fsp3) is 0.929. The molecule has 1 amide bonds. The molecule has 4 saturated carbocycles. The molecule has 3 atom stereocenters. The largest absolute Gasteiger partial charge is 0.390 e. The predicted molar refractivity (Wildman–Crippen MR) is 71.4 cm³/mol. The monoisotopic (exact) mass is 313 g/mol. The van der Waals surface area contributed by atoms with Gasteiger partial charge in [0.25, 0.3) is 0 Å². The number of nitrogens with zero attached hydrogens (tertiary/aromatic N) is 1. The molecule has 0 aromatic carbocycles. The molecule has 1 heterocycles. The van der Waals surface area contributed by atoms with Gasteiger partial charge in [0.05, 0.1) is 5.60 Å². The fourth-order valence-corrected chi connectivity index (χ4v) is 6.17. The number of amides is 1. The maximum Gasteiger partial charge on any atom is 0.224 e. The molecule has 1 aliphatic heterocycles. The Morgan fingerprint density at radius 1 is 1.22 bits per heavy atom. The summed E-state index contributed by atoms with van der Waals surface area (Å²) in [6.45, 7) is 0.842. The van der Waals surface area contributed by atoms with Gasteiger partial charge in [-0.2, -0.15) is 0 Å². The van der Waals surface area contributed by atoms with Crippen LogP contribution in [0.2, 0.25) is 0 Å².